The zero-order valence-electron chi connectivity index (χ0n) is 25.2. The predicted molar refractivity (Wildman–Crippen MR) is 157 cm³/mol. The van der Waals surface area contributed by atoms with Crippen LogP contribution in [0.1, 0.15) is 37.7 Å². The number of aromatic nitrogens is 2. The molecule has 1 aromatic heterocycles. The number of aliphatic hydroxyl groups excluding tert-OH is 1. The summed E-state index contributed by atoms with van der Waals surface area (Å²) in [5.41, 5.74) is 1.32. The highest BCUT2D eigenvalue weighted by Gasteiger charge is 2.36. The molecule has 0 aliphatic carbocycles. The maximum Gasteiger partial charge on any atom is 0.247 e. The number of nitrogens with one attached hydrogen (secondary N) is 4. The van der Waals surface area contributed by atoms with E-state index >= 15 is 0 Å². The Kier molecular flexibility index (Phi) is 11.0. The lowest BCUT2D eigenvalue weighted by Gasteiger charge is -2.27. The first-order valence-corrected chi connectivity index (χ1v) is 15.5. The van der Waals surface area contributed by atoms with E-state index in [1.165, 1.54) is 18.5 Å². The van der Waals surface area contributed by atoms with E-state index in [4.69, 9.17) is 0 Å². The van der Waals surface area contributed by atoms with Crippen LogP contribution in [-0.4, -0.2) is 95.1 Å². The Labute approximate surface area is 251 Å². The fourth-order valence-corrected chi connectivity index (χ4v) is 6.65. The molecule has 236 valence electrons. The minimum absolute atomic E-state index is 0.0666. The molecule has 1 saturated heterocycles. The number of aliphatic hydroxyl groups is 1. The first kappa shape index (κ1) is 33.7. The van der Waals surface area contributed by atoms with Crippen LogP contribution < -0.4 is 21.3 Å². The Hall–Kier alpha value is -3.82. The molecule has 1 fully saturated rings. The van der Waals surface area contributed by atoms with Gasteiger partial charge in [0.25, 0.3) is 0 Å². The van der Waals surface area contributed by atoms with E-state index in [0.717, 1.165) is 9.87 Å². The summed E-state index contributed by atoms with van der Waals surface area (Å²) in [7, 11) is -2.68. The average Bonchev–Trinajstić information content (AvgIpc) is 3.19. The fraction of sp³-hybridized carbons (Fsp3) is 0.536. The normalized spacial score (nSPS) is 22.6. The summed E-state index contributed by atoms with van der Waals surface area (Å²) in [6.07, 6.45) is -1.25. The molecule has 0 unspecified atom stereocenters. The van der Waals surface area contributed by atoms with Crippen LogP contribution in [0.5, 0.6) is 0 Å². The van der Waals surface area contributed by atoms with Crippen LogP contribution in [0, 0.1) is 19.8 Å². The Morgan fingerprint density at radius 1 is 0.953 bits per heavy atom. The van der Waals surface area contributed by atoms with E-state index in [1.54, 1.807) is 58.2 Å². The van der Waals surface area contributed by atoms with Gasteiger partial charge in [0, 0.05) is 26.6 Å². The smallest absolute Gasteiger partial charge is 0.247 e. The van der Waals surface area contributed by atoms with Gasteiger partial charge in [0.1, 0.15) is 23.0 Å². The number of nitrogens with zero attached hydrogens (tertiary/aromatic N) is 3. The highest BCUT2D eigenvalue weighted by atomic mass is 32.2. The lowest BCUT2D eigenvalue weighted by Crippen LogP contribution is -2.60. The number of benzene rings is 1. The molecule has 5 N–H and O–H groups in total. The Morgan fingerprint density at radius 2 is 1.60 bits per heavy atom. The lowest BCUT2D eigenvalue weighted by molar-refractivity contribution is -0.135. The molecule has 15 heteroatoms. The van der Waals surface area contributed by atoms with E-state index in [2.05, 4.69) is 26.4 Å². The molecule has 14 nitrogen and oxygen atoms in total. The summed E-state index contributed by atoms with van der Waals surface area (Å²) >= 11 is 0. The van der Waals surface area contributed by atoms with Crippen LogP contribution in [0.3, 0.4) is 0 Å². The third kappa shape index (κ3) is 8.18. The molecule has 0 radical (unpaired) electrons. The Morgan fingerprint density at radius 3 is 2.16 bits per heavy atom. The summed E-state index contributed by atoms with van der Waals surface area (Å²) in [5, 5.41) is 24.9. The summed E-state index contributed by atoms with van der Waals surface area (Å²) in [6, 6.07) is 5.24. The minimum Gasteiger partial charge on any atom is -0.391 e. The molecule has 2 heterocycles. The Balaban J connectivity index is 2.01. The molecule has 4 atom stereocenters. The second-order valence-corrected chi connectivity index (χ2v) is 12.9. The molecule has 4 amide bonds. The zero-order valence-corrected chi connectivity index (χ0v) is 26.1. The van der Waals surface area contributed by atoms with Crippen LogP contribution in [0.2, 0.25) is 0 Å². The van der Waals surface area contributed by atoms with Gasteiger partial charge in [0.15, 0.2) is 0 Å². The van der Waals surface area contributed by atoms with Gasteiger partial charge in [0.05, 0.1) is 24.0 Å². The minimum atomic E-state index is -4.28. The van der Waals surface area contributed by atoms with Crippen molar-refractivity contribution in [2.45, 2.75) is 70.2 Å². The number of carbonyl (C=O) groups excluding carboxylic acids is 4. The third-order valence-corrected chi connectivity index (χ3v) is 9.36. The van der Waals surface area contributed by atoms with Gasteiger partial charge in [0.2, 0.25) is 33.7 Å². The number of sulfonamides is 1. The van der Waals surface area contributed by atoms with Crippen molar-refractivity contribution in [3.05, 3.63) is 47.3 Å². The maximum atomic E-state index is 13.8. The van der Waals surface area contributed by atoms with Crippen molar-refractivity contribution >= 4 is 33.7 Å². The van der Waals surface area contributed by atoms with Gasteiger partial charge in [-0.05, 0) is 32.3 Å². The van der Waals surface area contributed by atoms with Gasteiger partial charge in [-0.25, -0.2) is 8.42 Å². The van der Waals surface area contributed by atoms with Crippen molar-refractivity contribution in [3.63, 3.8) is 0 Å². The SMILES string of the molecule is Cc1nn(C)c(C)c1S(=O)(=O)N1CCNC(=O)[C@H]([C@@H](C)O)NC(=O)[C@H](Cc2ccccc2)NC(=O)[C@@H](C(C)C)NC(=O)C1. The van der Waals surface area contributed by atoms with Crippen LogP contribution in [0.25, 0.3) is 0 Å². The van der Waals surface area contributed by atoms with E-state index in [-0.39, 0.29) is 30.1 Å². The third-order valence-electron chi connectivity index (χ3n) is 7.26. The van der Waals surface area contributed by atoms with Gasteiger partial charge in [-0.2, -0.15) is 9.40 Å². The van der Waals surface area contributed by atoms with E-state index in [0.29, 0.717) is 5.69 Å². The summed E-state index contributed by atoms with van der Waals surface area (Å²) in [5.74, 6) is -3.32. The topological polar surface area (TPSA) is 192 Å². The number of aryl methyl sites for hydroxylation is 2. The van der Waals surface area contributed by atoms with Gasteiger partial charge >= 0.3 is 0 Å². The van der Waals surface area contributed by atoms with Crippen molar-refractivity contribution in [3.8, 4) is 0 Å². The van der Waals surface area contributed by atoms with E-state index in [9.17, 15) is 32.7 Å². The van der Waals surface area contributed by atoms with Crippen LogP contribution in [-0.2, 0) is 42.7 Å². The van der Waals surface area contributed by atoms with E-state index in [1.807, 2.05) is 0 Å². The van der Waals surface area contributed by atoms with Gasteiger partial charge in [-0.1, -0.05) is 44.2 Å². The fourth-order valence-electron chi connectivity index (χ4n) is 4.85. The van der Waals surface area contributed by atoms with Gasteiger partial charge in [-0.3, -0.25) is 23.9 Å². The predicted octanol–water partition coefficient (Wildman–Crippen LogP) is -1.11. The van der Waals surface area contributed by atoms with E-state index < -0.39 is 70.3 Å². The molecular formula is C28H41N7O7S. The molecule has 1 aromatic carbocycles. The number of hydrogen-bond acceptors (Lipinski definition) is 8. The number of rotatable bonds is 6. The molecule has 2 aromatic rings. The maximum absolute atomic E-state index is 13.8. The van der Waals surface area contributed by atoms with Crippen molar-refractivity contribution < 1.29 is 32.7 Å². The molecule has 1 aliphatic rings. The lowest BCUT2D eigenvalue weighted by atomic mass is 10.0. The van der Waals surface area contributed by atoms with Crippen molar-refractivity contribution in [1.29, 1.82) is 0 Å². The molecule has 0 bridgehead atoms. The first-order chi connectivity index (χ1) is 20.1. The summed E-state index contributed by atoms with van der Waals surface area (Å²) < 4.78 is 29.9. The number of amides is 4. The summed E-state index contributed by atoms with van der Waals surface area (Å²) in [6.45, 7) is 6.66. The molecule has 0 spiro atoms. The molecule has 0 saturated carbocycles. The highest BCUT2D eigenvalue weighted by Crippen LogP contribution is 2.23. The molecule has 3 rings (SSSR count). The largest absolute Gasteiger partial charge is 0.391 e. The highest BCUT2D eigenvalue weighted by molar-refractivity contribution is 7.89. The van der Waals surface area contributed by atoms with Crippen molar-refractivity contribution in [1.82, 2.24) is 35.4 Å². The number of carbonyl (C=O) groups is 4. The summed E-state index contributed by atoms with van der Waals surface area (Å²) in [4.78, 5) is 53.2. The number of hydrogen-bond donors (Lipinski definition) is 5. The quantitative estimate of drug-likeness (QED) is 0.269. The van der Waals surface area contributed by atoms with Crippen LogP contribution in [0.4, 0.5) is 0 Å². The van der Waals surface area contributed by atoms with Crippen LogP contribution >= 0.6 is 0 Å². The second-order valence-electron chi connectivity index (χ2n) is 11.0. The van der Waals surface area contributed by atoms with Crippen molar-refractivity contribution in [2.75, 3.05) is 19.6 Å². The van der Waals surface area contributed by atoms with Crippen molar-refractivity contribution in [2.24, 2.45) is 13.0 Å². The standard InChI is InChI=1S/C28H41N7O7S/c1-16(2)23-28(40)30-21(14-20-10-8-7-9-11-20)26(38)32-24(19(5)36)27(39)29-12-13-35(15-22(37)31-23)43(41,42)25-17(3)33-34(6)18(25)4/h7-11,16,19,21,23-24,36H,12-15H2,1-6H3,(H,29,39)(H,30,40)(H,31,37)(H,32,38)/t19-,21+,23-,24+/m1/s1. The molecular weight excluding hydrogens is 578 g/mol. The Bertz CT molecular complexity index is 1440. The molecule has 1 aliphatic heterocycles. The first-order valence-electron chi connectivity index (χ1n) is 14.0. The monoisotopic (exact) mass is 619 g/mol. The zero-order chi connectivity index (χ0) is 32.1. The average molecular weight is 620 g/mol. The van der Waals surface area contributed by atoms with Crippen LogP contribution in [0.15, 0.2) is 35.2 Å². The second kappa shape index (κ2) is 14.1. The molecule has 43 heavy (non-hydrogen) atoms. The van der Waals surface area contributed by atoms with Gasteiger partial charge in [-0.15, -0.1) is 0 Å². The van der Waals surface area contributed by atoms with Gasteiger partial charge < -0.3 is 26.4 Å².